The van der Waals surface area contributed by atoms with Crippen LogP contribution in [0.2, 0.25) is 0 Å². The number of hydrogen-bond acceptors (Lipinski definition) is 3. The summed E-state index contributed by atoms with van der Waals surface area (Å²) in [6.45, 7) is 3.05. The molecule has 4 nitrogen and oxygen atoms in total. The Kier molecular flexibility index (Phi) is 2.36. The number of H-pyrrole nitrogens is 1. The average molecular weight is 216 g/mol. The van der Waals surface area contributed by atoms with Crippen LogP contribution in [-0.2, 0) is 6.42 Å². The first-order chi connectivity index (χ1) is 7.81. The van der Waals surface area contributed by atoms with Crippen molar-refractivity contribution in [1.29, 1.82) is 0 Å². The first-order valence-corrected chi connectivity index (χ1v) is 5.86. The Balaban J connectivity index is 1.71. The van der Waals surface area contributed by atoms with E-state index in [0.29, 0.717) is 0 Å². The van der Waals surface area contributed by atoms with Gasteiger partial charge in [0.2, 0.25) is 0 Å². The third-order valence-corrected chi connectivity index (χ3v) is 2.90. The maximum Gasteiger partial charge on any atom is 0.177 e. The van der Waals surface area contributed by atoms with Crippen LogP contribution >= 0.6 is 0 Å². The second kappa shape index (κ2) is 3.87. The van der Waals surface area contributed by atoms with Gasteiger partial charge in [-0.2, -0.15) is 0 Å². The van der Waals surface area contributed by atoms with Gasteiger partial charge in [-0.15, -0.1) is 0 Å². The monoisotopic (exact) mass is 216 g/mol. The predicted molar refractivity (Wildman–Crippen MR) is 63.4 cm³/mol. The minimum Gasteiger partial charge on any atom is -0.341 e. The standard InChI is InChI=1S/C12H16N4/c1-8-6-10-12(14-7-8)16-11(15-10)4-5-13-9-2-3-9/h6-7,9,13H,2-5H2,1H3,(H,14,15,16). The number of rotatable bonds is 4. The molecule has 1 saturated carbocycles. The molecule has 0 aromatic carbocycles. The lowest BCUT2D eigenvalue weighted by molar-refractivity contribution is 0.670. The van der Waals surface area contributed by atoms with Gasteiger partial charge in [-0.25, -0.2) is 9.97 Å². The van der Waals surface area contributed by atoms with E-state index in [1.165, 1.54) is 18.4 Å². The maximum atomic E-state index is 4.46. The summed E-state index contributed by atoms with van der Waals surface area (Å²) in [4.78, 5) is 12.1. The molecule has 0 radical (unpaired) electrons. The Morgan fingerprint density at radius 2 is 2.38 bits per heavy atom. The second-order valence-corrected chi connectivity index (χ2v) is 4.55. The van der Waals surface area contributed by atoms with Crippen LogP contribution in [0.5, 0.6) is 0 Å². The highest BCUT2D eigenvalue weighted by atomic mass is 15.0. The van der Waals surface area contributed by atoms with E-state index < -0.39 is 0 Å². The normalized spacial score (nSPS) is 15.8. The van der Waals surface area contributed by atoms with Crippen molar-refractivity contribution in [1.82, 2.24) is 20.3 Å². The number of aryl methyl sites for hydroxylation is 1. The fraction of sp³-hybridized carbons (Fsp3) is 0.500. The van der Waals surface area contributed by atoms with Crippen LogP contribution in [0.4, 0.5) is 0 Å². The van der Waals surface area contributed by atoms with E-state index in [0.717, 1.165) is 36.0 Å². The van der Waals surface area contributed by atoms with E-state index in [1.807, 2.05) is 13.1 Å². The van der Waals surface area contributed by atoms with Gasteiger partial charge in [0.1, 0.15) is 5.82 Å². The smallest absolute Gasteiger partial charge is 0.177 e. The van der Waals surface area contributed by atoms with E-state index >= 15 is 0 Å². The molecule has 0 bridgehead atoms. The van der Waals surface area contributed by atoms with E-state index in [9.17, 15) is 0 Å². The van der Waals surface area contributed by atoms with Crippen molar-refractivity contribution in [2.45, 2.75) is 32.2 Å². The maximum absolute atomic E-state index is 4.46. The van der Waals surface area contributed by atoms with Gasteiger partial charge in [-0.1, -0.05) is 0 Å². The van der Waals surface area contributed by atoms with Gasteiger partial charge in [-0.05, 0) is 31.4 Å². The van der Waals surface area contributed by atoms with Gasteiger partial charge in [-0.3, -0.25) is 0 Å². The second-order valence-electron chi connectivity index (χ2n) is 4.55. The van der Waals surface area contributed by atoms with E-state index in [-0.39, 0.29) is 0 Å². The van der Waals surface area contributed by atoms with Gasteiger partial charge in [0.25, 0.3) is 0 Å². The topological polar surface area (TPSA) is 53.6 Å². The van der Waals surface area contributed by atoms with Gasteiger partial charge in [0.05, 0.1) is 5.52 Å². The highest BCUT2D eigenvalue weighted by Crippen LogP contribution is 2.18. The first-order valence-electron chi connectivity index (χ1n) is 5.86. The Morgan fingerprint density at radius 3 is 3.19 bits per heavy atom. The lowest BCUT2D eigenvalue weighted by atomic mass is 10.3. The summed E-state index contributed by atoms with van der Waals surface area (Å²) in [7, 11) is 0. The van der Waals surface area contributed by atoms with Gasteiger partial charge >= 0.3 is 0 Å². The van der Waals surface area contributed by atoms with Gasteiger partial charge in [0.15, 0.2) is 5.65 Å². The van der Waals surface area contributed by atoms with Crippen molar-refractivity contribution in [3.8, 4) is 0 Å². The summed E-state index contributed by atoms with van der Waals surface area (Å²) in [6.07, 6.45) is 5.48. The zero-order valence-electron chi connectivity index (χ0n) is 9.45. The van der Waals surface area contributed by atoms with Crippen LogP contribution in [0.15, 0.2) is 12.3 Å². The number of imidazole rings is 1. The minimum atomic E-state index is 0.768. The average Bonchev–Trinajstić information content (AvgIpc) is 2.98. The highest BCUT2D eigenvalue weighted by molar-refractivity contribution is 5.70. The van der Waals surface area contributed by atoms with Crippen molar-refractivity contribution in [3.05, 3.63) is 23.7 Å². The lowest BCUT2D eigenvalue weighted by Crippen LogP contribution is -2.19. The molecule has 2 N–H and O–H groups in total. The van der Waals surface area contributed by atoms with Crippen molar-refractivity contribution < 1.29 is 0 Å². The summed E-state index contributed by atoms with van der Waals surface area (Å²) in [5.74, 6) is 1.03. The van der Waals surface area contributed by atoms with Crippen LogP contribution in [0.1, 0.15) is 24.2 Å². The Hall–Kier alpha value is -1.42. The molecular formula is C12H16N4. The zero-order chi connectivity index (χ0) is 11.0. The van der Waals surface area contributed by atoms with Crippen LogP contribution in [0, 0.1) is 6.92 Å². The molecule has 4 heteroatoms. The Morgan fingerprint density at radius 1 is 1.50 bits per heavy atom. The molecule has 1 fully saturated rings. The molecule has 84 valence electrons. The molecular weight excluding hydrogens is 200 g/mol. The van der Waals surface area contributed by atoms with E-state index in [2.05, 4.69) is 26.3 Å². The number of hydrogen-bond donors (Lipinski definition) is 2. The van der Waals surface area contributed by atoms with E-state index in [1.54, 1.807) is 0 Å². The summed E-state index contributed by atoms with van der Waals surface area (Å²) in [5, 5.41) is 3.48. The molecule has 0 aliphatic heterocycles. The Bertz CT molecular complexity index is 499. The fourth-order valence-corrected chi connectivity index (χ4v) is 1.85. The molecule has 0 amide bonds. The summed E-state index contributed by atoms with van der Waals surface area (Å²) < 4.78 is 0. The van der Waals surface area contributed by atoms with Crippen molar-refractivity contribution in [3.63, 3.8) is 0 Å². The molecule has 0 saturated heterocycles. The first kappa shape index (κ1) is 9.78. The van der Waals surface area contributed by atoms with Crippen LogP contribution in [0.3, 0.4) is 0 Å². The third-order valence-electron chi connectivity index (χ3n) is 2.90. The number of nitrogens with one attached hydrogen (secondary N) is 2. The van der Waals surface area contributed by atoms with Crippen molar-refractivity contribution >= 4 is 11.2 Å². The van der Waals surface area contributed by atoms with Crippen LogP contribution in [0.25, 0.3) is 11.2 Å². The molecule has 1 aliphatic carbocycles. The number of aromatic nitrogens is 3. The highest BCUT2D eigenvalue weighted by Gasteiger charge is 2.19. The quantitative estimate of drug-likeness (QED) is 0.815. The number of pyridine rings is 1. The molecule has 0 atom stereocenters. The third kappa shape index (κ3) is 2.07. The lowest BCUT2D eigenvalue weighted by Gasteiger charge is -1.98. The van der Waals surface area contributed by atoms with Crippen LogP contribution < -0.4 is 5.32 Å². The van der Waals surface area contributed by atoms with Crippen LogP contribution in [-0.4, -0.2) is 27.5 Å². The number of nitrogens with zero attached hydrogens (tertiary/aromatic N) is 2. The largest absolute Gasteiger partial charge is 0.341 e. The molecule has 1 aliphatic rings. The molecule has 2 heterocycles. The predicted octanol–water partition coefficient (Wildman–Crippen LogP) is 1.56. The summed E-state index contributed by atoms with van der Waals surface area (Å²) in [6, 6.07) is 2.86. The molecule has 2 aromatic rings. The molecule has 16 heavy (non-hydrogen) atoms. The van der Waals surface area contributed by atoms with E-state index in [4.69, 9.17) is 0 Å². The van der Waals surface area contributed by atoms with Gasteiger partial charge in [0, 0.05) is 25.2 Å². The van der Waals surface area contributed by atoms with Crippen molar-refractivity contribution in [2.75, 3.05) is 6.54 Å². The molecule has 0 spiro atoms. The minimum absolute atomic E-state index is 0.768. The zero-order valence-corrected chi connectivity index (χ0v) is 9.45. The van der Waals surface area contributed by atoms with Crippen molar-refractivity contribution in [2.24, 2.45) is 0 Å². The fourth-order valence-electron chi connectivity index (χ4n) is 1.85. The summed E-state index contributed by atoms with van der Waals surface area (Å²) in [5.41, 5.74) is 3.03. The SMILES string of the molecule is Cc1cnc2nc(CCNC3CC3)[nH]c2c1. The Labute approximate surface area is 94.5 Å². The molecule has 3 rings (SSSR count). The molecule has 2 aromatic heterocycles. The number of aromatic amines is 1. The van der Waals surface area contributed by atoms with Gasteiger partial charge < -0.3 is 10.3 Å². The summed E-state index contributed by atoms with van der Waals surface area (Å²) >= 11 is 0. The number of fused-ring (bicyclic) bond motifs is 1. The molecule has 0 unspecified atom stereocenters.